The Labute approximate surface area is 133 Å². The van der Waals surface area contributed by atoms with Gasteiger partial charge in [0.2, 0.25) is 0 Å². The molecule has 126 valence electrons. The molecule has 1 saturated carbocycles. The zero-order chi connectivity index (χ0) is 15.5. The van der Waals surface area contributed by atoms with Crippen LogP contribution in [-0.2, 0) is 0 Å². The highest BCUT2D eigenvalue weighted by atomic mass is 15.2. The van der Waals surface area contributed by atoms with Crippen LogP contribution in [0.3, 0.4) is 0 Å². The fourth-order valence-electron chi connectivity index (χ4n) is 3.62. The maximum Gasteiger partial charge on any atom is 0.0249 e. The van der Waals surface area contributed by atoms with Gasteiger partial charge >= 0.3 is 0 Å². The van der Waals surface area contributed by atoms with Gasteiger partial charge in [-0.1, -0.05) is 39.5 Å². The van der Waals surface area contributed by atoms with Gasteiger partial charge in [0, 0.05) is 12.1 Å². The Bertz CT molecular complexity index is 241. The largest absolute Gasteiger partial charge is 0.312 e. The van der Waals surface area contributed by atoms with Gasteiger partial charge in [-0.3, -0.25) is 4.90 Å². The van der Waals surface area contributed by atoms with Crippen LogP contribution in [0.15, 0.2) is 0 Å². The molecule has 0 saturated heterocycles. The molecule has 21 heavy (non-hydrogen) atoms. The Kier molecular flexibility index (Phi) is 10.3. The molecule has 1 rings (SSSR count). The second-order valence-corrected chi connectivity index (χ2v) is 6.90. The molecule has 0 aliphatic heterocycles. The second kappa shape index (κ2) is 11.4. The topological polar surface area (TPSA) is 18.5 Å². The lowest BCUT2D eigenvalue weighted by Crippen LogP contribution is -2.51. The Balaban J connectivity index is 2.58. The molecule has 2 unspecified atom stereocenters. The number of nitrogens with one attached hydrogen (secondary N) is 1. The Morgan fingerprint density at radius 3 is 2.29 bits per heavy atom. The van der Waals surface area contributed by atoms with Gasteiger partial charge in [-0.2, -0.15) is 0 Å². The number of hydrogen-bond acceptors (Lipinski definition) is 3. The van der Waals surface area contributed by atoms with Crippen molar-refractivity contribution in [2.75, 3.05) is 40.3 Å². The highest BCUT2D eigenvalue weighted by molar-refractivity contribution is 4.86. The van der Waals surface area contributed by atoms with Crippen LogP contribution < -0.4 is 5.32 Å². The van der Waals surface area contributed by atoms with E-state index in [1.807, 2.05) is 0 Å². The highest BCUT2D eigenvalue weighted by Crippen LogP contribution is 2.22. The van der Waals surface area contributed by atoms with E-state index in [-0.39, 0.29) is 0 Å². The molecule has 0 bridgehead atoms. The number of rotatable bonds is 9. The lowest BCUT2D eigenvalue weighted by Gasteiger charge is -2.38. The van der Waals surface area contributed by atoms with Gasteiger partial charge in [-0.05, 0) is 66.0 Å². The summed E-state index contributed by atoms with van der Waals surface area (Å²) >= 11 is 0. The Hall–Kier alpha value is -0.120. The summed E-state index contributed by atoms with van der Waals surface area (Å²) in [5.41, 5.74) is 0. The molecular weight excluding hydrogens is 258 g/mol. The van der Waals surface area contributed by atoms with Gasteiger partial charge in [0.1, 0.15) is 0 Å². The molecule has 0 aromatic carbocycles. The van der Waals surface area contributed by atoms with E-state index in [1.165, 1.54) is 77.5 Å². The SMILES string of the molecule is CCCNC1CCCCCCC1N(CC)CCCN(C)C. The predicted octanol–water partition coefficient (Wildman–Crippen LogP) is 3.35. The van der Waals surface area contributed by atoms with E-state index in [0.29, 0.717) is 6.04 Å². The van der Waals surface area contributed by atoms with E-state index >= 15 is 0 Å². The first kappa shape index (κ1) is 18.9. The first-order valence-electron chi connectivity index (χ1n) is 9.31. The first-order valence-corrected chi connectivity index (χ1v) is 9.31. The van der Waals surface area contributed by atoms with Crippen LogP contribution in [-0.4, -0.2) is 62.2 Å². The third-order valence-electron chi connectivity index (χ3n) is 4.81. The fraction of sp³-hybridized carbons (Fsp3) is 1.00. The summed E-state index contributed by atoms with van der Waals surface area (Å²) in [5, 5.41) is 3.85. The van der Waals surface area contributed by atoms with Crippen molar-refractivity contribution < 1.29 is 0 Å². The van der Waals surface area contributed by atoms with Crippen LogP contribution in [0.2, 0.25) is 0 Å². The van der Waals surface area contributed by atoms with Crippen molar-refractivity contribution in [1.29, 1.82) is 0 Å². The summed E-state index contributed by atoms with van der Waals surface area (Å²) in [7, 11) is 4.36. The van der Waals surface area contributed by atoms with Crippen molar-refractivity contribution in [3.63, 3.8) is 0 Å². The van der Waals surface area contributed by atoms with Crippen molar-refractivity contribution >= 4 is 0 Å². The molecular formula is C18H39N3. The lowest BCUT2D eigenvalue weighted by molar-refractivity contribution is 0.134. The van der Waals surface area contributed by atoms with Crippen molar-refractivity contribution in [3.05, 3.63) is 0 Å². The second-order valence-electron chi connectivity index (χ2n) is 6.90. The third-order valence-corrected chi connectivity index (χ3v) is 4.81. The first-order chi connectivity index (χ1) is 10.2. The van der Waals surface area contributed by atoms with Crippen LogP contribution in [0.4, 0.5) is 0 Å². The number of nitrogens with zero attached hydrogens (tertiary/aromatic N) is 2. The molecule has 3 nitrogen and oxygen atoms in total. The van der Waals surface area contributed by atoms with Gasteiger partial charge < -0.3 is 10.2 Å². The summed E-state index contributed by atoms with van der Waals surface area (Å²) in [4.78, 5) is 5.06. The van der Waals surface area contributed by atoms with Crippen molar-refractivity contribution in [2.45, 2.75) is 77.3 Å². The van der Waals surface area contributed by atoms with E-state index in [2.05, 4.69) is 43.1 Å². The highest BCUT2D eigenvalue weighted by Gasteiger charge is 2.26. The normalized spacial score (nSPS) is 24.3. The average molecular weight is 298 g/mol. The lowest BCUT2D eigenvalue weighted by atomic mass is 9.90. The minimum Gasteiger partial charge on any atom is -0.312 e. The summed E-state index contributed by atoms with van der Waals surface area (Å²) in [6, 6.07) is 1.47. The van der Waals surface area contributed by atoms with Crippen LogP contribution in [0, 0.1) is 0 Å². The molecule has 1 aliphatic rings. The third kappa shape index (κ3) is 7.62. The molecule has 0 amide bonds. The average Bonchev–Trinajstić information content (AvgIpc) is 2.43. The van der Waals surface area contributed by atoms with Gasteiger partial charge in [0.15, 0.2) is 0 Å². The van der Waals surface area contributed by atoms with Gasteiger partial charge in [-0.25, -0.2) is 0 Å². The summed E-state index contributed by atoms with van der Waals surface area (Å²) < 4.78 is 0. The quantitative estimate of drug-likeness (QED) is 0.704. The maximum atomic E-state index is 3.85. The van der Waals surface area contributed by atoms with Crippen LogP contribution in [0.25, 0.3) is 0 Å². The fourth-order valence-corrected chi connectivity index (χ4v) is 3.62. The Morgan fingerprint density at radius 2 is 1.67 bits per heavy atom. The van der Waals surface area contributed by atoms with Crippen LogP contribution >= 0.6 is 0 Å². The van der Waals surface area contributed by atoms with Gasteiger partial charge in [0.25, 0.3) is 0 Å². The molecule has 1 N–H and O–H groups in total. The zero-order valence-corrected chi connectivity index (χ0v) is 15.0. The molecule has 3 heteroatoms. The van der Waals surface area contributed by atoms with E-state index < -0.39 is 0 Å². The standard InChI is InChI=1S/C18H39N3/c1-5-14-19-17-12-9-7-8-10-13-18(17)21(6-2)16-11-15-20(3)4/h17-19H,5-16H2,1-4H3. The summed E-state index contributed by atoms with van der Waals surface area (Å²) in [5.74, 6) is 0. The number of likely N-dealkylation sites (N-methyl/N-ethyl adjacent to an activating group) is 1. The summed E-state index contributed by atoms with van der Waals surface area (Å²) in [6.07, 6.45) is 11.0. The van der Waals surface area contributed by atoms with E-state index in [9.17, 15) is 0 Å². The molecule has 0 spiro atoms. The van der Waals surface area contributed by atoms with Gasteiger partial charge in [-0.15, -0.1) is 0 Å². The molecule has 2 atom stereocenters. The number of hydrogen-bond donors (Lipinski definition) is 1. The minimum atomic E-state index is 0.713. The monoisotopic (exact) mass is 297 g/mol. The van der Waals surface area contributed by atoms with Crippen molar-refractivity contribution in [2.24, 2.45) is 0 Å². The predicted molar refractivity (Wildman–Crippen MR) is 94.0 cm³/mol. The Morgan fingerprint density at radius 1 is 0.952 bits per heavy atom. The molecule has 0 aromatic rings. The van der Waals surface area contributed by atoms with Gasteiger partial charge in [0.05, 0.1) is 0 Å². The smallest absolute Gasteiger partial charge is 0.0249 e. The molecule has 0 heterocycles. The molecule has 1 aliphatic carbocycles. The van der Waals surface area contributed by atoms with E-state index in [0.717, 1.165) is 6.04 Å². The zero-order valence-electron chi connectivity index (χ0n) is 15.0. The molecule has 1 fully saturated rings. The van der Waals surface area contributed by atoms with E-state index in [4.69, 9.17) is 0 Å². The molecule has 0 aromatic heterocycles. The van der Waals surface area contributed by atoms with Crippen molar-refractivity contribution in [3.8, 4) is 0 Å². The van der Waals surface area contributed by atoms with Crippen molar-refractivity contribution in [1.82, 2.24) is 15.1 Å². The summed E-state index contributed by atoms with van der Waals surface area (Å²) in [6.45, 7) is 9.45. The van der Waals surface area contributed by atoms with Crippen LogP contribution in [0.5, 0.6) is 0 Å². The van der Waals surface area contributed by atoms with Crippen LogP contribution in [0.1, 0.15) is 65.2 Å². The molecule has 0 radical (unpaired) electrons. The minimum absolute atomic E-state index is 0.713. The maximum absolute atomic E-state index is 3.85. The van der Waals surface area contributed by atoms with E-state index in [1.54, 1.807) is 0 Å².